The Balaban J connectivity index is 0.00000364. The van der Waals surface area contributed by atoms with Gasteiger partial charge in [0.05, 0.1) is 5.41 Å². The van der Waals surface area contributed by atoms with Crippen molar-refractivity contribution < 1.29 is 9.53 Å². The Bertz CT molecular complexity index is 649. The van der Waals surface area contributed by atoms with Crippen molar-refractivity contribution in [3.05, 3.63) is 71.8 Å². The summed E-state index contributed by atoms with van der Waals surface area (Å²) in [6.45, 7) is 5.81. The lowest BCUT2D eigenvalue weighted by Gasteiger charge is -2.43. The van der Waals surface area contributed by atoms with Crippen molar-refractivity contribution >= 4 is 18.4 Å². The highest BCUT2D eigenvalue weighted by Crippen LogP contribution is 2.43. The van der Waals surface area contributed by atoms with Gasteiger partial charge in [-0.1, -0.05) is 67.6 Å². The quantitative estimate of drug-likeness (QED) is 0.590. The second-order valence-electron chi connectivity index (χ2n) is 7.23. The normalized spacial score (nSPS) is 13.6. The average molecular weight is 390 g/mol. The Morgan fingerprint density at radius 2 is 1.44 bits per heavy atom. The van der Waals surface area contributed by atoms with E-state index in [1.165, 1.54) is 18.1 Å². The van der Waals surface area contributed by atoms with E-state index >= 15 is 0 Å². The molecule has 0 aliphatic carbocycles. The van der Waals surface area contributed by atoms with Crippen molar-refractivity contribution in [1.82, 2.24) is 4.90 Å². The predicted molar refractivity (Wildman–Crippen MR) is 115 cm³/mol. The summed E-state index contributed by atoms with van der Waals surface area (Å²) in [5.41, 5.74) is 1.98. The highest BCUT2D eigenvalue weighted by Gasteiger charge is 2.44. The van der Waals surface area contributed by atoms with Crippen LogP contribution in [0.25, 0.3) is 0 Å². The minimum absolute atomic E-state index is 0. The fraction of sp³-hybridized carbons (Fsp3) is 0.435. The molecule has 0 amide bonds. The molecule has 2 aromatic carbocycles. The summed E-state index contributed by atoms with van der Waals surface area (Å²) >= 11 is 0. The zero-order valence-corrected chi connectivity index (χ0v) is 17.8. The molecule has 0 saturated carbocycles. The molecule has 0 radical (unpaired) electrons. The summed E-state index contributed by atoms with van der Waals surface area (Å²) < 4.78 is 5.90. The van der Waals surface area contributed by atoms with Gasteiger partial charge < -0.3 is 9.64 Å². The third kappa shape index (κ3) is 5.33. The second-order valence-corrected chi connectivity index (χ2v) is 7.23. The van der Waals surface area contributed by atoms with Crippen LogP contribution >= 0.6 is 12.4 Å². The third-order valence-electron chi connectivity index (χ3n) is 5.31. The van der Waals surface area contributed by atoms with Crippen LogP contribution in [0.4, 0.5) is 0 Å². The van der Waals surface area contributed by atoms with Crippen LogP contribution in [0.5, 0.6) is 0 Å². The van der Waals surface area contributed by atoms with Gasteiger partial charge in [-0.3, -0.25) is 4.79 Å². The van der Waals surface area contributed by atoms with E-state index in [0.29, 0.717) is 6.04 Å². The topological polar surface area (TPSA) is 29.5 Å². The minimum Gasteiger partial charge on any atom is -0.461 e. The molecule has 0 aromatic heterocycles. The third-order valence-corrected chi connectivity index (χ3v) is 5.31. The first kappa shape index (κ1) is 23.2. The number of carbonyl (C=O) groups is 1. The molecule has 2 atom stereocenters. The molecule has 148 valence electrons. The number of halogens is 1. The molecule has 27 heavy (non-hydrogen) atoms. The molecule has 0 saturated heterocycles. The van der Waals surface area contributed by atoms with Gasteiger partial charge in [-0.15, -0.1) is 12.4 Å². The monoisotopic (exact) mass is 389 g/mol. The Kier molecular flexibility index (Phi) is 9.01. The Morgan fingerprint density at radius 1 is 1.00 bits per heavy atom. The van der Waals surface area contributed by atoms with Gasteiger partial charge in [-0.25, -0.2) is 0 Å². The summed E-state index contributed by atoms with van der Waals surface area (Å²) in [6, 6.07) is 21.2. The van der Waals surface area contributed by atoms with Gasteiger partial charge in [0.15, 0.2) is 0 Å². The van der Waals surface area contributed by atoms with Crippen molar-refractivity contribution in [2.24, 2.45) is 0 Å². The number of ether oxygens (including phenoxy) is 1. The Hall–Kier alpha value is -1.84. The van der Waals surface area contributed by atoms with Gasteiger partial charge in [0, 0.05) is 13.0 Å². The van der Waals surface area contributed by atoms with Crippen molar-refractivity contribution in [3.8, 4) is 0 Å². The van der Waals surface area contributed by atoms with Gasteiger partial charge in [0.1, 0.15) is 6.10 Å². The maximum atomic E-state index is 11.9. The molecule has 1 unspecified atom stereocenters. The maximum absolute atomic E-state index is 11.9. The number of hydrogen-bond donors (Lipinski definition) is 0. The van der Waals surface area contributed by atoms with E-state index in [1.807, 2.05) is 12.1 Å². The first-order chi connectivity index (χ1) is 12.4. The van der Waals surface area contributed by atoms with Crippen LogP contribution in [-0.2, 0) is 14.9 Å². The van der Waals surface area contributed by atoms with E-state index in [4.69, 9.17) is 4.74 Å². The fourth-order valence-electron chi connectivity index (χ4n) is 3.76. The van der Waals surface area contributed by atoms with Crippen molar-refractivity contribution in [1.29, 1.82) is 0 Å². The van der Waals surface area contributed by atoms with Gasteiger partial charge in [-0.2, -0.15) is 0 Å². The number of hydrogen-bond acceptors (Lipinski definition) is 3. The number of benzene rings is 2. The van der Waals surface area contributed by atoms with Gasteiger partial charge >= 0.3 is 5.97 Å². The molecule has 4 heteroatoms. The molecule has 0 fully saturated rings. The summed E-state index contributed by atoms with van der Waals surface area (Å²) in [4.78, 5) is 14.1. The first-order valence-electron chi connectivity index (χ1n) is 9.36. The van der Waals surface area contributed by atoms with Gasteiger partial charge in [-0.05, 0) is 45.0 Å². The van der Waals surface area contributed by atoms with Crippen LogP contribution in [0.1, 0.15) is 44.7 Å². The fourth-order valence-corrected chi connectivity index (χ4v) is 3.76. The number of rotatable bonds is 8. The van der Waals surface area contributed by atoms with E-state index in [1.54, 1.807) is 0 Å². The lowest BCUT2D eigenvalue weighted by atomic mass is 9.66. The standard InChI is InChI=1S/C23H31NO2.ClH/c1-6-22(26-19(3)25)23(17-18(2)24(4)5,20-13-9-7-10-14-20)21-15-11-8-12-16-21;/h7-16,18,22H,6,17H2,1-5H3;1H/t18-,22?;/m1./s1. The summed E-state index contributed by atoms with van der Waals surface area (Å²) in [7, 11) is 4.19. The summed E-state index contributed by atoms with van der Waals surface area (Å²) in [5.74, 6) is -0.231. The summed E-state index contributed by atoms with van der Waals surface area (Å²) in [6.07, 6.45) is 1.38. The number of carbonyl (C=O) groups excluding carboxylic acids is 1. The van der Waals surface area contributed by atoms with E-state index in [0.717, 1.165) is 12.8 Å². The van der Waals surface area contributed by atoms with Crippen molar-refractivity contribution in [3.63, 3.8) is 0 Å². The molecule has 3 nitrogen and oxygen atoms in total. The Labute approximate surface area is 170 Å². The molecular formula is C23H32ClNO2. The van der Waals surface area contributed by atoms with Crippen LogP contribution in [0.2, 0.25) is 0 Å². The predicted octanol–water partition coefficient (Wildman–Crippen LogP) is 5.08. The van der Waals surface area contributed by atoms with Crippen LogP contribution in [0.15, 0.2) is 60.7 Å². The van der Waals surface area contributed by atoms with Crippen LogP contribution in [0.3, 0.4) is 0 Å². The average Bonchev–Trinajstić information content (AvgIpc) is 2.65. The second kappa shape index (κ2) is 10.5. The molecule has 0 aliphatic heterocycles. The highest BCUT2D eigenvalue weighted by molar-refractivity contribution is 5.85. The number of esters is 1. The smallest absolute Gasteiger partial charge is 0.302 e. The van der Waals surface area contributed by atoms with Crippen molar-refractivity contribution in [2.75, 3.05) is 14.1 Å². The van der Waals surface area contributed by atoms with Crippen LogP contribution in [0, 0.1) is 0 Å². The van der Waals surface area contributed by atoms with Gasteiger partial charge in [0.25, 0.3) is 0 Å². The first-order valence-corrected chi connectivity index (χ1v) is 9.36. The lowest BCUT2D eigenvalue weighted by molar-refractivity contribution is -0.150. The molecule has 0 N–H and O–H groups in total. The molecule has 0 bridgehead atoms. The largest absolute Gasteiger partial charge is 0.461 e. The van der Waals surface area contributed by atoms with E-state index in [9.17, 15) is 4.79 Å². The molecule has 2 rings (SSSR count). The van der Waals surface area contributed by atoms with E-state index < -0.39 is 5.41 Å². The maximum Gasteiger partial charge on any atom is 0.302 e. The molecular weight excluding hydrogens is 358 g/mol. The SMILES string of the molecule is CCC(OC(C)=O)C(C[C@@H](C)N(C)C)(c1ccccc1)c1ccccc1.Cl. The zero-order chi connectivity index (χ0) is 19.2. The lowest BCUT2D eigenvalue weighted by Crippen LogP contribution is -2.47. The zero-order valence-electron chi connectivity index (χ0n) is 17.0. The van der Waals surface area contributed by atoms with E-state index in [-0.39, 0.29) is 24.5 Å². The molecule has 0 heterocycles. The van der Waals surface area contributed by atoms with Crippen LogP contribution in [-0.4, -0.2) is 37.1 Å². The number of nitrogens with zero attached hydrogens (tertiary/aromatic N) is 1. The molecule has 0 aliphatic rings. The minimum atomic E-state index is -0.396. The Morgan fingerprint density at radius 3 is 1.78 bits per heavy atom. The van der Waals surface area contributed by atoms with Crippen molar-refractivity contribution in [2.45, 2.75) is 51.2 Å². The summed E-state index contributed by atoms with van der Waals surface area (Å²) in [5, 5.41) is 0. The highest BCUT2D eigenvalue weighted by atomic mass is 35.5. The molecule has 0 spiro atoms. The molecule has 2 aromatic rings. The van der Waals surface area contributed by atoms with Crippen LogP contribution < -0.4 is 0 Å². The van der Waals surface area contributed by atoms with E-state index in [2.05, 4.69) is 81.4 Å². The van der Waals surface area contributed by atoms with Gasteiger partial charge in [0.2, 0.25) is 0 Å².